The average molecular weight is 655 g/mol. The molecule has 1 heterocycles. The number of nitrogens with zero attached hydrogens (tertiary/aromatic N) is 1. The lowest BCUT2D eigenvalue weighted by molar-refractivity contribution is -0.122. The van der Waals surface area contributed by atoms with Crippen molar-refractivity contribution < 1.29 is 19.1 Å². The highest BCUT2D eigenvalue weighted by atomic mass is 127. The molecule has 0 aliphatic carbocycles. The van der Waals surface area contributed by atoms with Crippen molar-refractivity contribution in [2.75, 3.05) is 12.0 Å². The molecule has 0 aromatic heterocycles. The Hall–Kier alpha value is -3.47. The van der Waals surface area contributed by atoms with Gasteiger partial charge in [-0.3, -0.25) is 19.8 Å². The number of rotatable bonds is 6. The van der Waals surface area contributed by atoms with E-state index in [-0.39, 0.29) is 10.7 Å². The first-order valence-corrected chi connectivity index (χ1v) is 13.4. The Bertz CT molecular complexity index is 1630. The number of methoxy groups -OCH3 is 1. The van der Waals surface area contributed by atoms with Gasteiger partial charge in [-0.05, 0) is 93.1 Å². The summed E-state index contributed by atoms with van der Waals surface area (Å²) in [6, 6.07) is 24.5. The lowest BCUT2D eigenvalue weighted by atomic mass is 10.1. The fraction of sp³-hybridized carbons (Fsp3) is 0.0690. The molecule has 4 aromatic rings. The van der Waals surface area contributed by atoms with E-state index in [1.165, 1.54) is 11.0 Å². The van der Waals surface area contributed by atoms with Crippen LogP contribution in [0.25, 0.3) is 16.8 Å². The molecule has 0 radical (unpaired) electrons. The molecule has 190 valence electrons. The van der Waals surface area contributed by atoms with Crippen LogP contribution < -0.4 is 19.7 Å². The summed E-state index contributed by atoms with van der Waals surface area (Å²) in [6.07, 6.45) is 1.51. The highest BCUT2D eigenvalue weighted by Crippen LogP contribution is 2.36. The minimum Gasteiger partial charge on any atom is -0.493 e. The maximum atomic E-state index is 13.3. The van der Waals surface area contributed by atoms with Crippen LogP contribution in [-0.4, -0.2) is 24.0 Å². The van der Waals surface area contributed by atoms with Crippen LogP contribution in [0.3, 0.4) is 0 Å². The van der Waals surface area contributed by atoms with Gasteiger partial charge in [-0.15, -0.1) is 0 Å². The summed E-state index contributed by atoms with van der Waals surface area (Å²) < 4.78 is 12.6. The number of amides is 2. The smallest absolute Gasteiger partial charge is 0.270 e. The predicted octanol–water partition coefficient (Wildman–Crippen LogP) is 6.52. The van der Waals surface area contributed by atoms with E-state index < -0.39 is 11.8 Å². The number of hydrogen-bond acceptors (Lipinski definition) is 5. The van der Waals surface area contributed by atoms with Crippen LogP contribution in [0.5, 0.6) is 11.5 Å². The highest BCUT2D eigenvalue weighted by molar-refractivity contribution is 14.1. The van der Waals surface area contributed by atoms with E-state index in [1.54, 1.807) is 37.4 Å². The lowest BCUT2D eigenvalue weighted by Gasteiger charge is -2.29. The van der Waals surface area contributed by atoms with Crippen molar-refractivity contribution in [2.45, 2.75) is 6.61 Å². The summed E-state index contributed by atoms with van der Waals surface area (Å²) in [5, 5.41) is 5.27. The first kappa shape index (κ1) is 26.1. The first-order chi connectivity index (χ1) is 18.4. The van der Waals surface area contributed by atoms with Crippen molar-refractivity contribution in [3.8, 4) is 11.5 Å². The molecule has 38 heavy (non-hydrogen) atoms. The number of benzene rings is 4. The molecule has 1 fully saturated rings. The van der Waals surface area contributed by atoms with E-state index in [4.69, 9.17) is 33.3 Å². The van der Waals surface area contributed by atoms with Crippen LogP contribution >= 0.6 is 46.4 Å². The molecular formula is C29H20ClIN2O4S. The summed E-state index contributed by atoms with van der Waals surface area (Å²) in [6.45, 7) is 0.348. The molecular weight excluding hydrogens is 635 g/mol. The van der Waals surface area contributed by atoms with E-state index >= 15 is 0 Å². The number of fused-ring (bicyclic) bond motifs is 1. The number of carbonyl (C=O) groups excluding carboxylic acids is 2. The Morgan fingerprint density at radius 3 is 2.58 bits per heavy atom. The zero-order valence-corrected chi connectivity index (χ0v) is 23.8. The summed E-state index contributed by atoms with van der Waals surface area (Å²) in [5.41, 5.74) is 2.04. The maximum absolute atomic E-state index is 13.3. The topological polar surface area (TPSA) is 67.9 Å². The first-order valence-electron chi connectivity index (χ1n) is 11.5. The molecule has 5 rings (SSSR count). The fourth-order valence-electron chi connectivity index (χ4n) is 4.21. The summed E-state index contributed by atoms with van der Waals surface area (Å²) in [7, 11) is 1.55. The summed E-state index contributed by atoms with van der Waals surface area (Å²) >= 11 is 13.5. The molecule has 1 aliphatic heterocycles. The van der Waals surface area contributed by atoms with Gasteiger partial charge in [-0.2, -0.15) is 0 Å². The van der Waals surface area contributed by atoms with Gasteiger partial charge in [-0.1, -0.05) is 60.1 Å². The van der Waals surface area contributed by atoms with Crippen molar-refractivity contribution >= 4 is 85.9 Å². The Labute approximate surface area is 243 Å². The van der Waals surface area contributed by atoms with E-state index in [0.717, 1.165) is 19.9 Å². The monoisotopic (exact) mass is 654 g/mol. The molecule has 1 N–H and O–H groups in total. The third kappa shape index (κ3) is 5.24. The Morgan fingerprint density at radius 1 is 1.03 bits per heavy atom. The van der Waals surface area contributed by atoms with E-state index in [9.17, 15) is 9.59 Å². The molecule has 2 amide bonds. The van der Waals surface area contributed by atoms with E-state index in [2.05, 4.69) is 46.1 Å². The van der Waals surface area contributed by atoms with Crippen molar-refractivity contribution in [3.63, 3.8) is 0 Å². The maximum Gasteiger partial charge on any atom is 0.270 e. The number of nitrogens with one attached hydrogen (secondary N) is 1. The lowest BCUT2D eigenvalue weighted by Crippen LogP contribution is -2.54. The minimum atomic E-state index is -0.580. The SMILES string of the molecule is COc1cc(/C=C2\C(=O)NC(=S)N(c3cccc(Cl)c3)C2=O)cc(I)c1OCc1cccc2ccccc12. The fourth-order valence-corrected chi connectivity index (χ4v) is 5.45. The third-order valence-electron chi connectivity index (χ3n) is 5.98. The van der Waals surface area contributed by atoms with Gasteiger partial charge < -0.3 is 9.47 Å². The van der Waals surface area contributed by atoms with Gasteiger partial charge in [0.15, 0.2) is 16.6 Å². The van der Waals surface area contributed by atoms with Crippen LogP contribution in [0.1, 0.15) is 11.1 Å². The largest absolute Gasteiger partial charge is 0.493 e. The number of halogens is 2. The molecule has 6 nitrogen and oxygen atoms in total. The van der Waals surface area contributed by atoms with E-state index in [0.29, 0.717) is 34.4 Å². The zero-order chi connectivity index (χ0) is 26.8. The Morgan fingerprint density at radius 2 is 1.79 bits per heavy atom. The number of thiocarbonyl (C=S) groups is 1. The predicted molar refractivity (Wildman–Crippen MR) is 162 cm³/mol. The second kappa shape index (κ2) is 11.1. The molecule has 4 aromatic carbocycles. The molecule has 0 bridgehead atoms. The normalized spacial score (nSPS) is 14.7. The van der Waals surface area contributed by atoms with Crippen molar-refractivity contribution in [3.05, 3.63) is 104 Å². The van der Waals surface area contributed by atoms with Crippen molar-refractivity contribution in [1.29, 1.82) is 0 Å². The quantitative estimate of drug-likeness (QED) is 0.111. The van der Waals surface area contributed by atoms with Crippen molar-refractivity contribution in [2.24, 2.45) is 0 Å². The molecule has 0 atom stereocenters. The number of anilines is 1. The highest BCUT2D eigenvalue weighted by Gasteiger charge is 2.34. The molecule has 0 spiro atoms. The van der Waals surface area contributed by atoms with Gasteiger partial charge in [0.2, 0.25) is 0 Å². The Balaban J connectivity index is 1.45. The average Bonchev–Trinajstić information content (AvgIpc) is 2.90. The second-order valence-electron chi connectivity index (χ2n) is 8.40. The molecule has 0 unspecified atom stereocenters. The summed E-state index contributed by atoms with van der Waals surface area (Å²) in [4.78, 5) is 27.3. The van der Waals surface area contributed by atoms with Gasteiger partial charge in [0, 0.05) is 5.02 Å². The second-order valence-corrected chi connectivity index (χ2v) is 10.4. The molecule has 0 saturated carbocycles. The zero-order valence-electron chi connectivity index (χ0n) is 20.0. The third-order valence-corrected chi connectivity index (χ3v) is 7.30. The van der Waals surface area contributed by atoms with Crippen LogP contribution in [0.15, 0.2) is 84.4 Å². The van der Waals surface area contributed by atoms with Gasteiger partial charge in [0.25, 0.3) is 11.8 Å². The minimum absolute atomic E-state index is 0.0104. The standard InChI is InChI=1S/C29H20ClIN2O4S/c1-36-25-14-17(12-23-27(34)32-29(38)33(28(23)35)21-10-5-9-20(30)15-21)13-24(31)26(25)37-16-19-8-4-7-18-6-2-3-11-22(18)19/h2-15H,16H2,1H3,(H,32,34,38)/b23-12+. The van der Waals surface area contributed by atoms with E-state index in [1.807, 2.05) is 30.3 Å². The Kier molecular flexibility index (Phi) is 7.64. The van der Waals surface area contributed by atoms with Gasteiger partial charge in [0.1, 0.15) is 12.2 Å². The molecule has 1 aliphatic rings. The van der Waals surface area contributed by atoms with Crippen LogP contribution in [-0.2, 0) is 16.2 Å². The van der Waals surface area contributed by atoms with Crippen LogP contribution in [0.2, 0.25) is 5.02 Å². The molecule has 1 saturated heterocycles. The number of ether oxygens (including phenoxy) is 2. The van der Waals surface area contributed by atoms with Gasteiger partial charge >= 0.3 is 0 Å². The van der Waals surface area contributed by atoms with Crippen LogP contribution in [0, 0.1) is 3.57 Å². The summed E-state index contributed by atoms with van der Waals surface area (Å²) in [5.74, 6) is -0.0750. The molecule has 9 heteroatoms. The van der Waals surface area contributed by atoms with Crippen molar-refractivity contribution in [1.82, 2.24) is 5.32 Å². The van der Waals surface area contributed by atoms with Crippen LogP contribution in [0.4, 0.5) is 5.69 Å². The number of hydrogen-bond donors (Lipinski definition) is 1. The number of carbonyl (C=O) groups is 2. The van der Waals surface area contributed by atoms with Gasteiger partial charge in [-0.25, -0.2) is 0 Å². The van der Waals surface area contributed by atoms with Gasteiger partial charge in [0.05, 0.1) is 16.4 Å².